The van der Waals surface area contributed by atoms with Gasteiger partial charge in [0.2, 0.25) is 0 Å². The topological polar surface area (TPSA) is 0 Å². The van der Waals surface area contributed by atoms with Gasteiger partial charge in [-0.05, 0) is 5.54 Å². The predicted octanol–water partition coefficient (Wildman–Crippen LogP) is 3.02. The van der Waals surface area contributed by atoms with Gasteiger partial charge in [0, 0.05) is 0 Å². The SMILES string of the molecule is C=C[Si](C=C)(C=C)C(C)C. The summed E-state index contributed by atoms with van der Waals surface area (Å²) in [5, 5.41) is 0. The second kappa shape index (κ2) is 3.57. The third kappa shape index (κ3) is 1.48. The van der Waals surface area contributed by atoms with E-state index in [0.29, 0.717) is 5.54 Å². The van der Waals surface area contributed by atoms with Crippen molar-refractivity contribution in [2.45, 2.75) is 19.4 Å². The lowest BCUT2D eigenvalue weighted by Gasteiger charge is -2.23. The Kier molecular flexibility index (Phi) is 3.37. The molecule has 0 rings (SSSR count). The first-order chi connectivity index (χ1) is 4.63. The predicted molar refractivity (Wildman–Crippen MR) is 51.4 cm³/mol. The maximum Gasteiger partial charge on any atom is 0.127 e. The Labute approximate surface area is 65.0 Å². The Morgan fingerprint density at radius 3 is 1.30 bits per heavy atom. The van der Waals surface area contributed by atoms with Crippen molar-refractivity contribution in [3.63, 3.8) is 0 Å². The fourth-order valence-electron chi connectivity index (χ4n) is 0.957. The summed E-state index contributed by atoms with van der Waals surface area (Å²) in [6.45, 7) is 15.8. The lowest BCUT2D eigenvalue weighted by molar-refractivity contribution is 1.04. The third-order valence-electron chi connectivity index (χ3n) is 2.06. The molecule has 0 bridgehead atoms. The van der Waals surface area contributed by atoms with E-state index in [-0.39, 0.29) is 0 Å². The minimum atomic E-state index is -1.50. The normalized spacial score (nSPS) is 11.1. The van der Waals surface area contributed by atoms with Gasteiger partial charge in [-0.3, -0.25) is 0 Å². The molecule has 0 saturated heterocycles. The average molecular weight is 152 g/mol. The molecule has 0 radical (unpaired) electrons. The molecular formula is C9H16Si. The molecule has 0 aromatic heterocycles. The van der Waals surface area contributed by atoms with Crippen molar-refractivity contribution in [2.75, 3.05) is 0 Å². The molecule has 0 aliphatic rings. The van der Waals surface area contributed by atoms with Gasteiger partial charge in [0.1, 0.15) is 8.07 Å². The standard InChI is InChI=1S/C9H16Si/c1-6-10(7-2,8-3)9(4)5/h6-9H,1-3H2,4-5H3. The first-order valence-electron chi connectivity index (χ1n) is 3.53. The largest absolute Gasteiger partial charge is 0.127 e. The fourth-order valence-corrected chi connectivity index (χ4v) is 2.87. The van der Waals surface area contributed by atoms with Crippen molar-refractivity contribution in [3.05, 3.63) is 36.8 Å². The van der Waals surface area contributed by atoms with Crippen LogP contribution in [0, 0.1) is 0 Å². The summed E-state index contributed by atoms with van der Waals surface area (Å²) >= 11 is 0. The van der Waals surface area contributed by atoms with E-state index in [0.717, 1.165) is 0 Å². The molecular weight excluding hydrogens is 136 g/mol. The van der Waals surface area contributed by atoms with Crippen molar-refractivity contribution in [2.24, 2.45) is 0 Å². The van der Waals surface area contributed by atoms with E-state index in [1.54, 1.807) is 0 Å². The maximum atomic E-state index is 3.82. The summed E-state index contributed by atoms with van der Waals surface area (Å²) in [4.78, 5) is 0. The molecule has 0 fully saturated rings. The molecule has 0 aromatic carbocycles. The molecule has 1 heteroatoms. The van der Waals surface area contributed by atoms with Gasteiger partial charge in [-0.2, -0.15) is 0 Å². The van der Waals surface area contributed by atoms with Crippen molar-refractivity contribution >= 4 is 8.07 Å². The summed E-state index contributed by atoms with van der Waals surface area (Å²) in [5.74, 6) is 0. The number of hydrogen-bond acceptors (Lipinski definition) is 0. The summed E-state index contributed by atoms with van der Waals surface area (Å²) in [7, 11) is -1.50. The van der Waals surface area contributed by atoms with Gasteiger partial charge in [-0.1, -0.05) is 30.9 Å². The van der Waals surface area contributed by atoms with Gasteiger partial charge in [-0.15, -0.1) is 19.7 Å². The van der Waals surface area contributed by atoms with E-state index in [1.165, 1.54) is 0 Å². The van der Waals surface area contributed by atoms with Crippen LogP contribution >= 0.6 is 0 Å². The summed E-state index contributed by atoms with van der Waals surface area (Å²) in [6, 6.07) is 0. The highest BCUT2D eigenvalue weighted by Crippen LogP contribution is 2.23. The molecule has 10 heavy (non-hydrogen) atoms. The lowest BCUT2D eigenvalue weighted by Crippen LogP contribution is -2.30. The molecule has 0 spiro atoms. The minimum Gasteiger partial charge on any atom is -0.106 e. The molecule has 0 heterocycles. The van der Waals surface area contributed by atoms with Crippen LogP contribution in [0.2, 0.25) is 5.54 Å². The van der Waals surface area contributed by atoms with E-state index in [4.69, 9.17) is 0 Å². The van der Waals surface area contributed by atoms with Crippen LogP contribution in [0.1, 0.15) is 13.8 Å². The van der Waals surface area contributed by atoms with Crippen LogP contribution in [0.5, 0.6) is 0 Å². The smallest absolute Gasteiger partial charge is 0.106 e. The van der Waals surface area contributed by atoms with Crippen LogP contribution < -0.4 is 0 Å². The minimum absolute atomic E-state index is 0.625. The molecule has 0 amide bonds. The molecule has 0 nitrogen and oxygen atoms in total. The van der Waals surface area contributed by atoms with Gasteiger partial charge in [0.15, 0.2) is 0 Å². The second-order valence-corrected chi connectivity index (χ2v) is 7.15. The van der Waals surface area contributed by atoms with Crippen LogP contribution in [0.3, 0.4) is 0 Å². The molecule has 0 N–H and O–H groups in total. The van der Waals surface area contributed by atoms with Crippen LogP contribution in [0.4, 0.5) is 0 Å². The van der Waals surface area contributed by atoms with Crippen LogP contribution in [0.25, 0.3) is 0 Å². The van der Waals surface area contributed by atoms with Gasteiger partial charge in [0.05, 0.1) is 0 Å². The highest BCUT2D eigenvalue weighted by molar-refractivity contribution is 6.94. The van der Waals surface area contributed by atoms with Crippen molar-refractivity contribution in [1.82, 2.24) is 0 Å². The molecule has 0 aliphatic carbocycles. The zero-order valence-electron chi connectivity index (χ0n) is 6.93. The van der Waals surface area contributed by atoms with E-state index >= 15 is 0 Å². The number of rotatable bonds is 4. The fraction of sp³-hybridized carbons (Fsp3) is 0.333. The monoisotopic (exact) mass is 152 g/mol. The Morgan fingerprint density at radius 1 is 1.00 bits per heavy atom. The third-order valence-corrected chi connectivity index (χ3v) is 6.18. The van der Waals surface area contributed by atoms with Gasteiger partial charge < -0.3 is 0 Å². The average Bonchev–Trinajstić information content (AvgIpc) is 1.92. The second-order valence-electron chi connectivity index (χ2n) is 2.77. The highest BCUT2D eigenvalue weighted by atomic mass is 28.3. The zero-order chi connectivity index (χ0) is 8.20. The first-order valence-corrected chi connectivity index (χ1v) is 5.84. The summed E-state index contributed by atoms with van der Waals surface area (Å²) in [6.07, 6.45) is 0. The van der Waals surface area contributed by atoms with Crippen molar-refractivity contribution < 1.29 is 0 Å². The Hall–Kier alpha value is -0.563. The van der Waals surface area contributed by atoms with E-state index in [2.05, 4.69) is 33.6 Å². The molecule has 0 atom stereocenters. The molecule has 0 saturated carbocycles. The Balaban J connectivity index is 4.62. The quantitative estimate of drug-likeness (QED) is 0.543. The zero-order valence-corrected chi connectivity index (χ0v) is 7.93. The van der Waals surface area contributed by atoms with Gasteiger partial charge in [-0.25, -0.2) is 0 Å². The maximum absolute atomic E-state index is 3.82. The van der Waals surface area contributed by atoms with E-state index in [1.807, 2.05) is 17.1 Å². The van der Waals surface area contributed by atoms with Crippen LogP contribution in [-0.4, -0.2) is 8.07 Å². The van der Waals surface area contributed by atoms with Crippen LogP contribution in [-0.2, 0) is 0 Å². The van der Waals surface area contributed by atoms with Gasteiger partial charge in [0.25, 0.3) is 0 Å². The lowest BCUT2D eigenvalue weighted by atomic mass is 10.6. The molecule has 0 aromatic rings. The molecule has 0 unspecified atom stereocenters. The van der Waals surface area contributed by atoms with E-state index in [9.17, 15) is 0 Å². The molecule has 56 valence electrons. The number of hydrogen-bond donors (Lipinski definition) is 0. The highest BCUT2D eigenvalue weighted by Gasteiger charge is 2.25. The summed E-state index contributed by atoms with van der Waals surface area (Å²) in [5.41, 5.74) is 6.70. The summed E-state index contributed by atoms with van der Waals surface area (Å²) < 4.78 is 0. The van der Waals surface area contributed by atoms with Crippen molar-refractivity contribution in [3.8, 4) is 0 Å². The van der Waals surface area contributed by atoms with Crippen LogP contribution in [0.15, 0.2) is 36.8 Å². The van der Waals surface area contributed by atoms with E-state index < -0.39 is 8.07 Å². The first kappa shape index (κ1) is 9.44. The van der Waals surface area contributed by atoms with Crippen molar-refractivity contribution in [1.29, 1.82) is 0 Å². The Morgan fingerprint density at radius 2 is 1.30 bits per heavy atom. The molecule has 0 aliphatic heterocycles. The van der Waals surface area contributed by atoms with Gasteiger partial charge >= 0.3 is 0 Å². The Bertz CT molecular complexity index is 123.